The van der Waals surface area contributed by atoms with Crippen LogP contribution in [0.3, 0.4) is 0 Å². The summed E-state index contributed by atoms with van der Waals surface area (Å²) in [4.78, 5) is 15.9. The molecule has 1 aliphatic rings. The number of hydrogen-bond donors (Lipinski definition) is 2. The fourth-order valence-electron chi connectivity index (χ4n) is 1.89. The van der Waals surface area contributed by atoms with Crippen molar-refractivity contribution in [3.63, 3.8) is 0 Å². The van der Waals surface area contributed by atoms with Gasteiger partial charge in [0.2, 0.25) is 0 Å². The van der Waals surface area contributed by atoms with Crippen molar-refractivity contribution in [2.45, 2.75) is 25.3 Å². The molecule has 6 heteroatoms. The molecule has 3 N–H and O–H groups in total. The van der Waals surface area contributed by atoms with E-state index >= 15 is 0 Å². The van der Waals surface area contributed by atoms with Crippen LogP contribution in [0, 0.1) is 0 Å². The Hall–Kier alpha value is -2.21. The van der Waals surface area contributed by atoms with Gasteiger partial charge in [-0.25, -0.2) is 0 Å². The average Bonchev–Trinajstić information content (AvgIpc) is 3.13. The second-order valence-electron chi connectivity index (χ2n) is 4.91. The number of hydrogen-bond acceptors (Lipinski definition) is 5. The molecule has 0 bridgehead atoms. The monoisotopic (exact) mass is 272 g/mol. The van der Waals surface area contributed by atoms with Gasteiger partial charge in [-0.1, -0.05) is 17.3 Å². The molecule has 0 atom stereocenters. The van der Waals surface area contributed by atoms with Gasteiger partial charge >= 0.3 is 0 Å². The highest BCUT2D eigenvalue weighted by Gasteiger charge is 2.26. The summed E-state index contributed by atoms with van der Waals surface area (Å²) in [6.45, 7) is 0.616. The lowest BCUT2D eigenvalue weighted by Crippen LogP contribution is -2.26. The molecule has 0 spiro atoms. The molecule has 1 aromatic carbocycles. The minimum absolute atomic E-state index is 0.0814. The zero-order valence-corrected chi connectivity index (χ0v) is 11.0. The van der Waals surface area contributed by atoms with E-state index in [0.717, 1.165) is 30.4 Å². The fourth-order valence-corrected chi connectivity index (χ4v) is 1.89. The van der Waals surface area contributed by atoms with Gasteiger partial charge in [-0.3, -0.25) is 4.79 Å². The summed E-state index contributed by atoms with van der Waals surface area (Å²) >= 11 is 0. The van der Waals surface area contributed by atoms with E-state index in [1.165, 1.54) is 0 Å². The van der Waals surface area contributed by atoms with Crippen molar-refractivity contribution in [2.75, 3.05) is 6.54 Å². The van der Waals surface area contributed by atoms with Gasteiger partial charge in [-0.15, -0.1) is 0 Å². The van der Waals surface area contributed by atoms with Gasteiger partial charge in [0.05, 0.1) is 0 Å². The molecule has 1 saturated carbocycles. The second-order valence-corrected chi connectivity index (χ2v) is 4.91. The topological polar surface area (TPSA) is 94.0 Å². The first-order valence-electron chi connectivity index (χ1n) is 6.70. The second kappa shape index (κ2) is 5.42. The predicted octanol–water partition coefficient (Wildman–Crippen LogP) is 1.13. The number of nitrogens with one attached hydrogen (secondary N) is 1. The van der Waals surface area contributed by atoms with Crippen molar-refractivity contribution in [2.24, 2.45) is 5.73 Å². The maximum absolute atomic E-state index is 11.8. The molecule has 0 unspecified atom stereocenters. The molecular weight excluding hydrogens is 256 g/mol. The Morgan fingerprint density at radius 2 is 2.10 bits per heavy atom. The van der Waals surface area contributed by atoms with Crippen LogP contribution in [-0.2, 0) is 6.42 Å². The zero-order valence-electron chi connectivity index (χ0n) is 11.0. The molecule has 1 aromatic heterocycles. The van der Waals surface area contributed by atoms with E-state index in [-0.39, 0.29) is 17.8 Å². The zero-order chi connectivity index (χ0) is 13.9. The number of benzene rings is 1. The van der Waals surface area contributed by atoms with E-state index < -0.39 is 0 Å². The van der Waals surface area contributed by atoms with Crippen LogP contribution in [-0.4, -0.2) is 28.6 Å². The minimum Gasteiger partial charge on any atom is -0.346 e. The molecule has 1 aliphatic carbocycles. The highest BCUT2D eigenvalue weighted by atomic mass is 16.5. The number of aromatic nitrogens is 2. The van der Waals surface area contributed by atoms with Gasteiger partial charge in [0.15, 0.2) is 0 Å². The molecule has 0 aliphatic heterocycles. The Morgan fingerprint density at radius 3 is 2.75 bits per heavy atom. The quantitative estimate of drug-likeness (QED) is 0.851. The average molecular weight is 272 g/mol. The summed E-state index contributed by atoms with van der Waals surface area (Å²) < 4.78 is 5.13. The number of nitrogens with two attached hydrogens (primary N) is 1. The lowest BCUT2D eigenvalue weighted by atomic mass is 10.1. The summed E-state index contributed by atoms with van der Waals surface area (Å²) in [6.07, 6.45) is 2.89. The van der Waals surface area contributed by atoms with Crippen molar-refractivity contribution in [1.29, 1.82) is 0 Å². The van der Waals surface area contributed by atoms with E-state index in [1.807, 2.05) is 24.3 Å². The van der Waals surface area contributed by atoms with Crippen molar-refractivity contribution in [3.05, 3.63) is 35.7 Å². The van der Waals surface area contributed by atoms with Crippen molar-refractivity contribution in [3.8, 4) is 11.5 Å². The maximum Gasteiger partial charge on any atom is 0.292 e. The SMILES string of the molecule is NCCc1ccc(-c2nc(C(=O)NC3CC3)no2)cc1. The minimum atomic E-state index is -0.276. The Morgan fingerprint density at radius 1 is 1.35 bits per heavy atom. The van der Waals surface area contributed by atoms with Crippen LogP contribution in [0.5, 0.6) is 0 Å². The number of carbonyl (C=O) groups excluding carboxylic acids is 1. The van der Waals surface area contributed by atoms with Gasteiger partial charge in [-0.05, 0) is 43.5 Å². The summed E-state index contributed by atoms with van der Waals surface area (Å²) in [7, 11) is 0. The van der Waals surface area contributed by atoms with Crippen molar-refractivity contribution in [1.82, 2.24) is 15.5 Å². The van der Waals surface area contributed by atoms with Crippen molar-refractivity contribution < 1.29 is 9.32 Å². The van der Waals surface area contributed by atoms with E-state index in [2.05, 4.69) is 15.5 Å². The lowest BCUT2D eigenvalue weighted by molar-refractivity contribution is 0.0937. The molecule has 0 saturated heterocycles. The molecular formula is C14H16N4O2. The number of amides is 1. The summed E-state index contributed by atoms with van der Waals surface area (Å²) in [5.41, 5.74) is 7.46. The Kier molecular flexibility index (Phi) is 3.47. The van der Waals surface area contributed by atoms with E-state index in [0.29, 0.717) is 12.4 Å². The van der Waals surface area contributed by atoms with Crippen LogP contribution in [0.1, 0.15) is 29.0 Å². The molecule has 2 aromatic rings. The molecule has 0 radical (unpaired) electrons. The normalized spacial score (nSPS) is 14.2. The summed E-state index contributed by atoms with van der Waals surface area (Å²) in [5, 5.41) is 6.54. The van der Waals surface area contributed by atoms with Crippen LogP contribution in [0.15, 0.2) is 28.8 Å². The summed E-state index contributed by atoms with van der Waals surface area (Å²) in [6, 6.07) is 7.99. The molecule has 20 heavy (non-hydrogen) atoms. The van der Waals surface area contributed by atoms with Gasteiger partial charge < -0.3 is 15.6 Å². The summed E-state index contributed by atoms with van der Waals surface area (Å²) in [5.74, 6) is 0.158. The molecule has 1 heterocycles. The van der Waals surface area contributed by atoms with Crippen LogP contribution in [0.25, 0.3) is 11.5 Å². The van der Waals surface area contributed by atoms with E-state index in [1.54, 1.807) is 0 Å². The highest BCUT2D eigenvalue weighted by molar-refractivity contribution is 5.91. The first-order chi connectivity index (χ1) is 9.76. The molecule has 3 rings (SSSR count). The van der Waals surface area contributed by atoms with Gasteiger partial charge in [0.1, 0.15) is 0 Å². The Bertz CT molecular complexity index is 602. The third-order valence-electron chi connectivity index (χ3n) is 3.18. The standard InChI is InChI=1S/C14H16N4O2/c15-8-7-9-1-3-10(4-2-9)14-17-12(18-20-14)13(19)16-11-5-6-11/h1-4,11H,5-8,15H2,(H,16,19). The number of nitrogens with zero attached hydrogens (tertiary/aromatic N) is 2. The van der Waals surface area contributed by atoms with E-state index in [9.17, 15) is 4.79 Å². The fraction of sp³-hybridized carbons (Fsp3) is 0.357. The largest absolute Gasteiger partial charge is 0.346 e. The molecule has 6 nitrogen and oxygen atoms in total. The predicted molar refractivity (Wildman–Crippen MR) is 73.0 cm³/mol. The van der Waals surface area contributed by atoms with Gasteiger partial charge in [0.25, 0.3) is 17.6 Å². The smallest absolute Gasteiger partial charge is 0.292 e. The molecule has 1 fully saturated rings. The third-order valence-corrected chi connectivity index (χ3v) is 3.18. The number of rotatable bonds is 5. The third kappa shape index (κ3) is 2.85. The van der Waals surface area contributed by atoms with Gasteiger partial charge in [-0.2, -0.15) is 4.98 Å². The van der Waals surface area contributed by atoms with Crippen LogP contribution in [0.4, 0.5) is 0 Å². The molecule has 104 valence electrons. The van der Waals surface area contributed by atoms with Crippen LogP contribution < -0.4 is 11.1 Å². The van der Waals surface area contributed by atoms with Crippen molar-refractivity contribution >= 4 is 5.91 Å². The molecule has 1 amide bonds. The Balaban J connectivity index is 1.73. The first kappa shape index (κ1) is 12.8. The number of carbonyl (C=O) groups is 1. The maximum atomic E-state index is 11.8. The van der Waals surface area contributed by atoms with Crippen LogP contribution >= 0.6 is 0 Å². The lowest BCUT2D eigenvalue weighted by Gasteiger charge is -1.99. The van der Waals surface area contributed by atoms with Crippen LogP contribution in [0.2, 0.25) is 0 Å². The van der Waals surface area contributed by atoms with Gasteiger partial charge in [0, 0.05) is 11.6 Å². The highest BCUT2D eigenvalue weighted by Crippen LogP contribution is 2.20. The first-order valence-corrected chi connectivity index (χ1v) is 6.70. The Labute approximate surface area is 116 Å². The van der Waals surface area contributed by atoms with E-state index in [4.69, 9.17) is 10.3 Å².